The van der Waals surface area contributed by atoms with Gasteiger partial charge in [0.25, 0.3) is 11.5 Å². The van der Waals surface area contributed by atoms with Crippen LogP contribution in [0.2, 0.25) is 0 Å². The molecule has 0 fully saturated rings. The summed E-state index contributed by atoms with van der Waals surface area (Å²) in [6, 6.07) is 3.02. The van der Waals surface area contributed by atoms with Crippen LogP contribution in [-0.4, -0.2) is 39.7 Å². The molecule has 0 saturated carbocycles. The minimum absolute atomic E-state index is 0.0353. The number of amides is 1. The van der Waals surface area contributed by atoms with Crippen LogP contribution in [0.3, 0.4) is 0 Å². The summed E-state index contributed by atoms with van der Waals surface area (Å²) >= 11 is 0. The Morgan fingerprint density at radius 3 is 2.67 bits per heavy atom. The van der Waals surface area contributed by atoms with Crippen molar-refractivity contribution < 1.29 is 9.90 Å². The molecule has 0 saturated heterocycles. The smallest absolute Gasteiger partial charge is 0.254 e. The zero-order chi connectivity index (χ0) is 13.7. The number of hydrogen-bond acceptors (Lipinski definition) is 3. The highest BCUT2D eigenvalue weighted by Crippen LogP contribution is 2.07. The van der Waals surface area contributed by atoms with Gasteiger partial charge in [0, 0.05) is 44.1 Å². The van der Waals surface area contributed by atoms with Gasteiger partial charge < -0.3 is 14.6 Å². The van der Waals surface area contributed by atoms with Gasteiger partial charge in [0.2, 0.25) is 0 Å². The van der Waals surface area contributed by atoms with Crippen molar-refractivity contribution in [2.45, 2.75) is 26.3 Å². The second-order valence-corrected chi connectivity index (χ2v) is 4.53. The molecule has 0 aliphatic heterocycles. The Hall–Kier alpha value is -1.62. The Kier molecular flexibility index (Phi) is 5.09. The predicted octanol–water partition coefficient (Wildman–Crippen LogP) is 0.618. The Labute approximate surface area is 107 Å². The third kappa shape index (κ3) is 3.43. The van der Waals surface area contributed by atoms with Crippen LogP contribution >= 0.6 is 0 Å². The highest BCUT2D eigenvalue weighted by atomic mass is 16.3. The summed E-state index contributed by atoms with van der Waals surface area (Å²) in [6.07, 6.45) is 2.12. The summed E-state index contributed by atoms with van der Waals surface area (Å²) in [4.78, 5) is 25.4. The average Bonchev–Trinajstić information content (AvgIpc) is 2.32. The summed E-state index contributed by atoms with van der Waals surface area (Å²) in [7, 11) is 1.64. The second-order valence-electron chi connectivity index (χ2n) is 4.53. The minimum atomic E-state index is -0.202. The number of hydrogen-bond donors (Lipinski definition) is 1. The van der Waals surface area contributed by atoms with Gasteiger partial charge in [-0.2, -0.15) is 0 Å². The molecule has 0 aliphatic carbocycles. The fourth-order valence-corrected chi connectivity index (χ4v) is 1.68. The molecule has 0 aromatic carbocycles. The number of nitrogens with zero attached hydrogens (tertiary/aromatic N) is 2. The topological polar surface area (TPSA) is 62.5 Å². The highest BCUT2D eigenvalue weighted by Gasteiger charge is 2.18. The molecule has 0 unspecified atom stereocenters. The van der Waals surface area contributed by atoms with Crippen LogP contribution in [0.25, 0.3) is 0 Å². The van der Waals surface area contributed by atoms with E-state index in [0.717, 1.165) is 0 Å². The lowest BCUT2D eigenvalue weighted by Gasteiger charge is -2.26. The van der Waals surface area contributed by atoms with Crippen LogP contribution in [-0.2, 0) is 7.05 Å². The molecule has 0 aliphatic rings. The molecule has 0 radical (unpaired) electrons. The van der Waals surface area contributed by atoms with Gasteiger partial charge in [-0.3, -0.25) is 9.59 Å². The number of carbonyl (C=O) groups excluding carboxylic acids is 1. The maximum absolute atomic E-state index is 12.3. The van der Waals surface area contributed by atoms with Crippen LogP contribution in [0, 0.1) is 0 Å². The van der Waals surface area contributed by atoms with Crippen LogP contribution in [0.4, 0.5) is 0 Å². The molecule has 18 heavy (non-hydrogen) atoms. The lowest BCUT2D eigenvalue weighted by molar-refractivity contribution is 0.0693. The Morgan fingerprint density at radius 2 is 2.17 bits per heavy atom. The summed E-state index contributed by atoms with van der Waals surface area (Å²) in [6.45, 7) is 4.36. The first kappa shape index (κ1) is 14.4. The van der Waals surface area contributed by atoms with Crippen LogP contribution in [0.15, 0.2) is 23.1 Å². The molecule has 5 heteroatoms. The summed E-state index contributed by atoms with van der Waals surface area (Å²) in [5.41, 5.74) is 0.191. The van der Waals surface area contributed by atoms with E-state index in [-0.39, 0.29) is 24.1 Å². The van der Waals surface area contributed by atoms with E-state index >= 15 is 0 Å². The fourth-order valence-electron chi connectivity index (χ4n) is 1.68. The quantitative estimate of drug-likeness (QED) is 0.835. The van der Waals surface area contributed by atoms with E-state index in [9.17, 15) is 9.59 Å². The fraction of sp³-hybridized carbons (Fsp3) is 0.538. The van der Waals surface area contributed by atoms with E-state index in [1.165, 1.54) is 10.6 Å². The van der Waals surface area contributed by atoms with Gasteiger partial charge in [-0.1, -0.05) is 0 Å². The van der Waals surface area contributed by atoms with Crippen LogP contribution in [0.5, 0.6) is 0 Å². The molecule has 0 spiro atoms. The van der Waals surface area contributed by atoms with Crippen molar-refractivity contribution in [2.24, 2.45) is 7.05 Å². The lowest BCUT2D eigenvalue weighted by Crippen LogP contribution is -2.38. The zero-order valence-corrected chi connectivity index (χ0v) is 11.1. The van der Waals surface area contributed by atoms with E-state index in [2.05, 4.69) is 0 Å². The van der Waals surface area contributed by atoms with E-state index < -0.39 is 0 Å². The molecule has 1 aromatic rings. The molecule has 0 bridgehead atoms. The average molecular weight is 252 g/mol. The van der Waals surface area contributed by atoms with Crippen molar-refractivity contribution >= 4 is 5.91 Å². The number of carbonyl (C=O) groups is 1. The first-order valence-corrected chi connectivity index (χ1v) is 6.06. The number of aliphatic hydroxyl groups excluding tert-OH is 1. The SMILES string of the molecule is CC(C)N(CCCO)C(=O)c1ccn(C)c(=O)c1. The second kappa shape index (κ2) is 6.35. The molecule has 1 rings (SSSR count). The maximum atomic E-state index is 12.3. The molecule has 1 aromatic heterocycles. The zero-order valence-electron chi connectivity index (χ0n) is 11.1. The van der Waals surface area contributed by atoms with E-state index in [1.54, 1.807) is 24.2 Å². The van der Waals surface area contributed by atoms with Gasteiger partial charge in [0.1, 0.15) is 0 Å². The van der Waals surface area contributed by atoms with E-state index in [0.29, 0.717) is 18.5 Å². The molecule has 0 atom stereocenters. The third-order valence-electron chi connectivity index (χ3n) is 2.79. The summed E-state index contributed by atoms with van der Waals surface area (Å²) in [5, 5.41) is 8.84. The van der Waals surface area contributed by atoms with E-state index in [4.69, 9.17) is 5.11 Å². The Balaban J connectivity index is 2.94. The number of rotatable bonds is 5. The molecular weight excluding hydrogens is 232 g/mol. The first-order chi connectivity index (χ1) is 8.47. The van der Waals surface area contributed by atoms with Gasteiger partial charge in [-0.15, -0.1) is 0 Å². The van der Waals surface area contributed by atoms with Gasteiger partial charge in [0.15, 0.2) is 0 Å². The largest absolute Gasteiger partial charge is 0.396 e. The van der Waals surface area contributed by atoms with Gasteiger partial charge in [-0.05, 0) is 26.3 Å². The molecule has 5 nitrogen and oxygen atoms in total. The Morgan fingerprint density at radius 1 is 1.50 bits per heavy atom. The van der Waals surface area contributed by atoms with Crippen molar-refractivity contribution in [1.82, 2.24) is 9.47 Å². The number of pyridine rings is 1. The molecule has 100 valence electrons. The normalized spacial score (nSPS) is 10.7. The molecule has 1 heterocycles. The lowest BCUT2D eigenvalue weighted by atomic mass is 10.2. The number of aromatic nitrogens is 1. The molecular formula is C13H20N2O3. The van der Waals surface area contributed by atoms with Crippen LogP contribution in [0.1, 0.15) is 30.6 Å². The predicted molar refractivity (Wildman–Crippen MR) is 69.6 cm³/mol. The van der Waals surface area contributed by atoms with Crippen molar-refractivity contribution in [3.63, 3.8) is 0 Å². The maximum Gasteiger partial charge on any atom is 0.254 e. The van der Waals surface area contributed by atoms with Crippen molar-refractivity contribution in [1.29, 1.82) is 0 Å². The summed E-state index contributed by atoms with van der Waals surface area (Å²) < 4.78 is 1.42. The standard InChI is InChI=1S/C13H20N2O3/c1-10(2)15(6-4-8-16)13(18)11-5-7-14(3)12(17)9-11/h5,7,9-10,16H,4,6,8H2,1-3H3. The van der Waals surface area contributed by atoms with Gasteiger partial charge >= 0.3 is 0 Å². The monoisotopic (exact) mass is 252 g/mol. The third-order valence-corrected chi connectivity index (χ3v) is 2.79. The Bertz CT molecular complexity index is 466. The first-order valence-electron chi connectivity index (χ1n) is 6.06. The van der Waals surface area contributed by atoms with E-state index in [1.807, 2.05) is 13.8 Å². The number of aliphatic hydroxyl groups is 1. The molecule has 1 N–H and O–H groups in total. The van der Waals surface area contributed by atoms with Crippen molar-refractivity contribution in [3.05, 3.63) is 34.2 Å². The van der Waals surface area contributed by atoms with Gasteiger partial charge in [0.05, 0.1) is 0 Å². The molecule has 1 amide bonds. The van der Waals surface area contributed by atoms with Gasteiger partial charge in [-0.25, -0.2) is 0 Å². The van der Waals surface area contributed by atoms with Crippen LogP contribution < -0.4 is 5.56 Å². The van der Waals surface area contributed by atoms with Crippen molar-refractivity contribution in [2.75, 3.05) is 13.2 Å². The highest BCUT2D eigenvalue weighted by molar-refractivity contribution is 5.94. The van der Waals surface area contributed by atoms with Crippen molar-refractivity contribution in [3.8, 4) is 0 Å². The minimum Gasteiger partial charge on any atom is -0.396 e. The number of aryl methyl sites for hydroxylation is 1. The summed E-state index contributed by atoms with van der Waals surface area (Å²) in [5.74, 6) is -0.170.